The number of nitrogens with two attached hydrogens (primary N) is 1. The molecular weight excluding hydrogens is 417 g/mol. The van der Waals surface area contributed by atoms with E-state index in [1.807, 2.05) is 0 Å². The first kappa shape index (κ1) is 20.9. The van der Waals surface area contributed by atoms with E-state index < -0.39 is 30.5 Å². The van der Waals surface area contributed by atoms with E-state index in [9.17, 15) is 18.0 Å². The smallest absolute Gasteiger partial charge is 0.276 e. The topological polar surface area (TPSA) is 134 Å². The molecule has 164 valence electrons. The minimum atomic E-state index is -3.48. The Balaban J connectivity index is 1.84. The van der Waals surface area contributed by atoms with Crippen molar-refractivity contribution in [2.75, 3.05) is 24.8 Å². The van der Waals surface area contributed by atoms with Gasteiger partial charge in [0.1, 0.15) is 23.2 Å². The highest BCUT2D eigenvalue weighted by Gasteiger charge is 2.46. The van der Waals surface area contributed by atoms with Crippen LogP contribution in [0, 0.1) is 0 Å². The molecule has 0 saturated heterocycles. The lowest BCUT2D eigenvalue weighted by molar-refractivity contribution is -0.135. The second-order valence-corrected chi connectivity index (χ2v) is 7.33. The van der Waals surface area contributed by atoms with Crippen LogP contribution in [0.15, 0.2) is 6.20 Å². The van der Waals surface area contributed by atoms with Gasteiger partial charge in [-0.1, -0.05) is 0 Å². The minimum absolute atomic E-state index is 0.00358. The van der Waals surface area contributed by atoms with Gasteiger partial charge in [0.25, 0.3) is 11.8 Å². The number of fused-ring (bicyclic) bond motifs is 2. The number of anilines is 2. The van der Waals surface area contributed by atoms with Crippen LogP contribution in [-0.4, -0.2) is 55.3 Å². The van der Waals surface area contributed by atoms with Crippen molar-refractivity contribution in [2.45, 2.75) is 31.3 Å². The number of methoxy groups -OCH3 is 1. The maximum absolute atomic E-state index is 13.4. The Kier molecular flexibility index (Phi) is 4.80. The zero-order valence-electron chi connectivity index (χ0n) is 16.9. The normalized spacial score (nSPS) is 18.5. The van der Waals surface area contributed by atoms with Gasteiger partial charge in [-0.05, 0) is 6.92 Å². The van der Waals surface area contributed by atoms with Crippen molar-refractivity contribution in [1.29, 1.82) is 0 Å². The summed E-state index contributed by atoms with van der Waals surface area (Å²) in [5.74, 6) is -3.66. The summed E-state index contributed by atoms with van der Waals surface area (Å²) in [6.07, 6.45) is 0.445. The monoisotopic (exact) mass is 436 g/mol. The average Bonchev–Trinajstić information content (AvgIpc) is 3.23. The number of alkyl halides is 3. The summed E-state index contributed by atoms with van der Waals surface area (Å²) in [5.41, 5.74) is 5.62. The van der Waals surface area contributed by atoms with Crippen molar-refractivity contribution in [3.8, 4) is 11.5 Å². The number of nitrogens with zero attached hydrogens (tertiary/aromatic N) is 6. The molecule has 1 unspecified atom stereocenters. The summed E-state index contributed by atoms with van der Waals surface area (Å²) >= 11 is 0. The molecule has 0 aliphatic carbocycles. The Bertz CT molecular complexity index is 1200. The SMILES string of the molecule is COC1(C)C(=O)Nc2nc(-c3nc(CCC(F)(F)CF)nc4c3cnn4C)nc(N)c21. The first-order valence-corrected chi connectivity index (χ1v) is 9.27. The zero-order valence-corrected chi connectivity index (χ0v) is 16.9. The number of aryl methyl sites for hydroxylation is 2. The van der Waals surface area contributed by atoms with Crippen LogP contribution in [-0.2, 0) is 28.6 Å². The summed E-state index contributed by atoms with van der Waals surface area (Å²) in [6, 6.07) is 0. The number of nitrogen functional groups attached to an aromatic ring is 1. The molecule has 4 rings (SSSR count). The highest BCUT2D eigenvalue weighted by Crippen LogP contribution is 2.41. The van der Waals surface area contributed by atoms with Crippen molar-refractivity contribution in [3.05, 3.63) is 17.6 Å². The van der Waals surface area contributed by atoms with Gasteiger partial charge in [0.2, 0.25) is 0 Å². The Labute approximate surface area is 174 Å². The fraction of sp³-hybridized carbons (Fsp3) is 0.444. The van der Waals surface area contributed by atoms with Gasteiger partial charge in [0, 0.05) is 27.0 Å². The summed E-state index contributed by atoms with van der Waals surface area (Å²) in [5, 5.41) is 7.19. The van der Waals surface area contributed by atoms with Crippen LogP contribution >= 0.6 is 0 Å². The van der Waals surface area contributed by atoms with Crippen molar-refractivity contribution < 1.29 is 22.7 Å². The molecule has 0 spiro atoms. The molecule has 0 saturated carbocycles. The standard InChI is InChI=1S/C18H19F3N8O2/c1-17(31-3)10-12(22)26-14(27-13(10)28-16(17)30)11-8-6-23-29(2)15(8)25-9(24-11)4-5-18(20,21)7-19/h6H,4-5,7H2,1-3H3,(H3,22,26,27,28,30). The van der Waals surface area contributed by atoms with Gasteiger partial charge in [-0.15, -0.1) is 0 Å². The molecule has 4 heterocycles. The maximum Gasteiger partial charge on any atom is 0.276 e. The highest BCUT2D eigenvalue weighted by atomic mass is 19.3. The number of carbonyl (C=O) groups excluding carboxylic acids is 1. The molecule has 13 heteroatoms. The number of aromatic nitrogens is 6. The van der Waals surface area contributed by atoms with E-state index >= 15 is 0 Å². The van der Waals surface area contributed by atoms with Crippen LogP contribution in [0.5, 0.6) is 0 Å². The number of hydrogen-bond acceptors (Lipinski definition) is 8. The molecule has 1 aliphatic rings. The number of halogens is 3. The van der Waals surface area contributed by atoms with Gasteiger partial charge in [0.15, 0.2) is 23.7 Å². The first-order valence-electron chi connectivity index (χ1n) is 9.27. The highest BCUT2D eigenvalue weighted by molar-refractivity contribution is 6.05. The van der Waals surface area contributed by atoms with E-state index in [-0.39, 0.29) is 35.4 Å². The molecule has 3 N–H and O–H groups in total. The number of ether oxygens (including phenoxy) is 1. The van der Waals surface area contributed by atoms with E-state index in [0.29, 0.717) is 16.6 Å². The maximum atomic E-state index is 13.4. The predicted octanol–water partition coefficient (Wildman–Crippen LogP) is 1.75. The van der Waals surface area contributed by atoms with Gasteiger partial charge < -0.3 is 15.8 Å². The molecular formula is C18H19F3N8O2. The Morgan fingerprint density at radius 2 is 2.03 bits per heavy atom. The van der Waals surface area contributed by atoms with E-state index in [1.165, 1.54) is 18.0 Å². The molecule has 31 heavy (non-hydrogen) atoms. The van der Waals surface area contributed by atoms with Crippen molar-refractivity contribution >= 4 is 28.6 Å². The fourth-order valence-corrected chi connectivity index (χ4v) is 3.39. The van der Waals surface area contributed by atoms with Crippen LogP contribution in [0.1, 0.15) is 24.7 Å². The van der Waals surface area contributed by atoms with Crippen LogP contribution in [0.2, 0.25) is 0 Å². The third-order valence-corrected chi connectivity index (χ3v) is 5.25. The van der Waals surface area contributed by atoms with E-state index in [0.717, 1.165) is 0 Å². The Hall–Kier alpha value is -3.35. The molecule has 1 atom stereocenters. The van der Waals surface area contributed by atoms with Gasteiger partial charge in [0.05, 0.1) is 17.1 Å². The molecule has 0 fully saturated rings. The van der Waals surface area contributed by atoms with E-state index in [4.69, 9.17) is 10.5 Å². The second kappa shape index (κ2) is 7.11. The molecule has 1 aliphatic heterocycles. The van der Waals surface area contributed by atoms with Crippen LogP contribution in [0.25, 0.3) is 22.6 Å². The van der Waals surface area contributed by atoms with Gasteiger partial charge >= 0.3 is 0 Å². The van der Waals surface area contributed by atoms with E-state index in [1.54, 1.807) is 14.0 Å². The Morgan fingerprint density at radius 1 is 1.29 bits per heavy atom. The third-order valence-electron chi connectivity index (χ3n) is 5.25. The fourth-order valence-electron chi connectivity index (χ4n) is 3.39. The van der Waals surface area contributed by atoms with Crippen molar-refractivity contribution in [1.82, 2.24) is 29.7 Å². The first-order chi connectivity index (χ1) is 14.6. The number of amides is 1. The summed E-state index contributed by atoms with van der Waals surface area (Å²) in [4.78, 5) is 29.6. The molecule has 3 aromatic heterocycles. The molecule has 3 aromatic rings. The minimum Gasteiger partial charge on any atom is -0.383 e. The summed E-state index contributed by atoms with van der Waals surface area (Å²) < 4.78 is 46.1. The molecule has 0 bridgehead atoms. The molecule has 0 radical (unpaired) electrons. The molecule has 0 aromatic carbocycles. The molecule has 10 nitrogen and oxygen atoms in total. The lowest BCUT2D eigenvalue weighted by Gasteiger charge is -2.20. The van der Waals surface area contributed by atoms with Crippen LogP contribution in [0.4, 0.5) is 24.8 Å². The van der Waals surface area contributed by atoms with Gasteiger partial charge in [-0.3, -0.25) is 9.48 Å². The van der Waals surface area contributed by atoms with Crippen LogP contribution in [0.3, 0.4) is 0 Å². The van der Waals surface area contributed by atoms with Crippen LogP contribution < -0.4 is 11.1 Å². The summed E-state index contributed by atoms with van der Waals surface area (Å²) in [7, 11) is 2.99. The largest absolute Gasteiger partial charge is 0.383 e. The second-order valence-electron chi connectivity index (χ2n) is 7.33. The predicted molar refractivity (Wildman–Crippen MR) is 104 cm³/mol. The number of rotatable bonds is 6. The number of carbonyl (C=O) groups is 1. The number of nitrogens with one attached hydrogen (secondary N) is 1. The average molecular weight is 436 g/mol. The van der Waals surface area contributed by atoms with E-state index in [2.05, 4.69) is 30.4 Å². The lowest BCUT2D eigenvalue weighted by Crippen LogP contribution is -2.33. The summed E-state index contributed by atoms with van der Waals surface area (Å²) in [6.45, 7) is -0.225. The third kappa shape index (κ3) is 3.34. The lowest BCUT2D eigenvalue weighted by atomic mass is 9.99. The van der Waals surface area contributed by atoms with Gasteiger partial charge in [-0.2, -0.15) is 5.10 Å². The van der Waals surface area contributed by atoms with Gasteiger partial charge in [-0.25, -0.2) is 33.1 Å². The van der Waals surface area contributed by atoms with Crippen molar-refractivity contribution in [2.24, 2.45) is 7.05 Å². The van der Waals surface area contributed by atoms with Crippen molar-refractivity contribution in [3.63, 3.8) is 0 Å². The molecule has 1 amide bonds. The quantitative estimate of drug-likeness (QED) is 0.597. The number of hydrogen-bond donors (Lipinski definition) is 2. The Morgan fingerprint density at radius 3 is 2.71 bits per heavy atom. The zero-order chi connectivity index (χ0) is 22.6.